The van der Waals surface area contributed by atoms with Gasteiger partial charge in [-0.15, -0.1) is 0 Å². The van der Waals surface area contributed by atoms with Gasteiger partial charge in [0.1, 0.15) is 0 Å². The van der Waals surface area contributed by atoms with Gasteiger partial charge in [-0.05, 0) is 24.2 Å². The van der Waals surface area contributed by atoms with E-state index in [1.807, 2.05) is 61.6 Å². The fourth-order valence-electron chi connectivity index (χ4n) is 2.11. The summed E-state index contributed by atoms with van der Waals surface area (Å²) in [7, 11) is 1.98. The van der Waals surface area contributed by atoms with Gasteiger partial charge in [0.05, 0.1) is 6.10 Å². The highest BCUT2D eigenvalue weighted by Gasteiger charge is 2.11. The summed E-state index contributed by atoms with van der Waals surface area (Å²) < 4.78 is 0. The minimum Gasteiger partial charge on any atom is -0.398 e. The Labute approximate surface area is 114 Å². The van der Waals surface area contributed by atoms with Crippen LogP contribution in [0.25, 0.3) is 0 Å². The lowest BCUT2D eigenvalue weighted by molar-refractivity contribution is 0.124. The number of likely N-dealkylation sites (N-methyl/N-ethyl adjacent to an activating group) is 1. The maximum atomic E-state index is 10.2. The van der Waals surface area contributed by atoms with Crippen molar-refractivity contribution in [1.29, 1.82) is 0 Å². The van der Waals surface area contributed by atoms with E-state index in [-0.39, 0.29) is 0 Å². The van der Waals surface area contributed by atoms with Crippen LogP contribution in [-0.2, 0) is 6.54 Å². The summed E-state index contributed by atoms with van der Waals surface area (Å²) in [6.07, 6.45) is -0.476. The third kappa shape index (κ3) is 3.81. The van der Waals surface area contributed by atoms with Gasteiger partial charge in [0, 0.05) is 18.8 Å². The molecule has 3 heteroatoms. The van der Waals surface area contributed by atoms with Gasteiger partial charge in [0.15, 0.2) is 0 Å². The molecule has 0 heterocycles. The number of hydrogen-bond acceptors (Lipinski definition) is 3. The second-order valence-electron chi connectivity index (χ2n) is 4.82. The lowest BCUT2D eigenvalue weighted by atomic mass is 10.1. The molecule has 3 nitrogen and oxygen atoms in total. The maximum absolute atomic E-state index is 10.2. The number of aliphatic hydroxyl groups excluding tert-OH is 1. The van der Waals surface area contributed by atoms with E-state index >= 15 is 0 Å². The summed E-state index contributed by atoms with van der Waals surface area (Å²) in [6, 6.07) is 17.5. The number of benzene rings is 2. The normalized spacial score (nSPS) is 12.6. The van der Waals surface area contributed by atoms with Gasteiger partial charge in [0.25, 0.3) is 0 Å². The second-order valence-corrected chi connectivity index (χ2v) is 4.82. The topological polar surface area (TPSA) is 49.5 Å². The van der Waals surface area contributed by atoms with E-state index in [4.69, 9.17) is 5.73 Å². The van der Waals surface area contributed by atoms with E-state index in [0.717, 1.165) is 23.4 Å². The van der Waals surface area contributed by atoms with Gasteiger partial charge in [-0.1, -0.05) is 48.5 Å². The maximum Gasteiger partial charge on any atom is 0.0916 e. The molecule has 100 valence electrons. The molecule has 0 saturated carbocycles. The van der Waals surface area contributed by atoms with Crippen LogP contribution in [0.15, 0.2) is 54.6 Å². The molecule has 0 aliphatic carbocycles. The molecule has 2 aromatic carbocycles. The molecule has 2 aromatic rings. The first-order chi connectivity index (χ1) is 9.16. The van der Waals surface area contributed by atoms with Crippen LogP contribution >= 0.6 is 0 Å². The van der Waals surface area contributed by atoms with Crippen molar-refractivity contribution in [3.05, 3.63) is 65.7 Å². The fraction of sp³-hybridized carbons (Fsp3) is 0.250. The molecule has 0 unspecified atom stereocenters. The Morgan fingerprint density at radius 3 is 2.37 bits per heavy atom. The molecule has 1 atom stereocenters. The SMILES string of the molecule is CN(Cc1ccccc1N)C[C@H](O)c1ccccc1. The lowest BCUT2D eigenvalue weighted by Crippen LogP contribution is -2.24. The quantitative estimate of drug-likeness (QED) is 0.808. The van der Waals surface area contributed by atoms with Crippen LogP contribution in [0.5, 0.6) is 0 Å². The minimum absolute atomic E-state index is 0.476. The van der Waals surface area contributed by atoms with Gasteiger partial charge in [0.2, 0.25) is 0 Å². The highest BCUT2D eigenvalue weighted by molar-refractivity contribution is 5.46. The van der Waals surface area contributed by atoms with Crippen molar-refractivity contribution in [3.8, 4) is 0 Å². The number of nitrogens with two attached hydrogens (primary N) is 1. The molecule has 2 rings (SSSR count). The average Bonchev–Trinajstić information content (AvgIpc) is 2.42. The smallest absolute Gasteiger partial charge is 0.0916 e. The van der Waals surface area contributed by atoms with Crippen molar-refractivity contribution >= 4 is 5.69 Å². The molecule has 0 aromatic heterocycles. The van der Waals surface area contributed by atoms with E-state index in [9.17, 15) is 5.11 Å². The zero-order valence-corrected chi connectivity index (χ0v) is 11.2. The molecule has 19 heavy (non-hydrogen) atoms. The third-order valence-corrected chi connectivity index (χ3v) is 3.16. The summed E-state index contributed by atoms with van der Waals surface area (Å²) >= 11 is 0. The first-order valence-corrected chi connectivity index (χ1v) is 6.42. The van der Waals surface area contributed by atoms with Crippen LogP contribution in [-0.4, -0.2) is 23.6 Å². The third-order valence-electron chi connectivity index (χ3n) is 3.16. The molecule has 0 spiro atoms. The summed E-state index contributed by atoms with van der Waals surface area (Å²) in [5.41, 5.74) is 8.74. The molecule has 0 radical (unpaired) electrons. The number of nitrogen functional groups attached to an aromatic ring is 1. The van der Waals surface area contributed by atoms with Gasteiger partial charge in [-0.2, -0.15) is 0 Å². The Balaban J connectivity index is 1.95. The van der Waals surface area contributed by atoms with Gasteiger partial charge in [-0.25, -0.2) is 0 Å². The zero-order chi connectivity index (χ0) is 13.7. The summed E-state index contributed by atoms with van der Waals surface area (Å²) in [5.74, 6) is 0. The predicted octanol–water partition coefficient (Wildman–Crippen LogP) is 2.43. The van der Waals surface area contributed by atoms with Crippen molar-refractivity contribution in [2.75, 3.05) is 19.3 Å². The van der Waals surface area contributed by atoms with E-state index in [2.05, 4.69) is 4.90 Å². The highest BCUT2D eigenvalue weighted by atomic mass is 16.3. The number of nitrogens with zero attached hydrogens (tertiary/aromatic N) is 1. The van der Waals surface area contributed by atoms with Gasteiger partial charge < -0.3 is 10.8 Å². The van der Waals surface area contributed by atoms with E-state index < -0.39 is 6.10 Å². The van der Waals surface area contributed by atoms with E-state index in [1.165, 1.54) is 0 Å². The van der Waals surface area contributed by atoms with E-state index in [0.29, 0.717) is 6.54 Å². The Hall–Kier alpha value is -1.84. The van der Waals surface area contributed by atoms with Crippen LogP contribution in [0, 0.1) is 0 Å². The molecule has 3 N–H and O–H groups in total. The minimum atomic E-state index is -0.476. The molecular formula is C16H20N2O. The van der Waals surface area contributed by atoms with Crippen LogP contribution in [0.1, 0.15) is 17.2 Å². The molecule has 0 aliphatic rings. The Bertz CT molecular complexity index is 513. The van der Waals surface area contributed by atoms with Crippen LogP contribution < -0.4 is 5.73 Å². The highest BCUT2D eigenvalue weighted by Crippen LogP contribution is 2.16. The molecule has 0 fully saturated rings. The number of rotatable bonds is 5. The standard InChI is InChI=1S/C16H20N2O/c1-18(11-14-9-5-6-10-15(14)17)12-16(19)13-7-3-2-4-8-13/h2-10,16,19H,11-12,17H2,1H3/t16-/m0/s1. The molecule has 0 aliphatic heterocycles. The molecule has 0 bridgehead atoms. The second kappa shape index (κ2) is 6.36. The monoisotopic (exact) mass is 256 g/mol. The van der Waals surface area contributed by atoms with Crippen molar-refractivity contribution in [2.24, 2.45) is 0 Å². The molecular weight excluding hydrogens is 236 g/mol. The number of aliphatic hydroxyl groups is 1. The summed E-state index contributed by atoms with van der Waals surface area (Å²) in [5, 5.41) is 10.2. The zero-order valence-electron chi connectivity index (χ0n) is 11.2. The van der Waals surface area contributed by atoms with Crippen molar-refractivity contribution in [1.82, 2.24) is 4.90 Å². The number of para-hydroxylation sites is 1. The van der Waals surface area contributed by atoms with E-state index in [1.54, 1.807) is 0 Å². The van der Waals surface area contributed by atoms with Crippen LogP contribution in [0.2, 0.25) is 0 Å². The Kier molecular flexibility index (Phi) is 4.55. The largest absolute Gasteiger partial charge is 0.398 e. The first kappa shape index (κ1) is 13.6. The summed E-state index contributed by atoms with van der Waals surface area (Å²) in [6.45, 7) is 1.31. The fourth-order valence-corrected chi connectivity index (χ4v) is 2.11. The van der Waals surface area contributed by atoms with Crippen LogP contribution in [0.3, 0.4) is 0 Å². The molecule has 0 amide bonds. The van der Waals surface area contributed by atoms with Gasteiger partial charge in [-0.3, -0.25) is 4.90 Å². The van der Waals surface area contributed by atoms with Crippen molar-refractivity contribution in [3.63, 3.8) is 0 Å². The Morgan fingerprint density at radius 1 is 1.05 bits per heavy atom. The number of hydrogen-bond donors (Lipinski definition) is 2. The van der Waals surface area contributed by atoms with Crippen molar-refractivity contribution in [2.45, 2.75) is 12.6 Å². The average molecular weight is 256 g/mol. The molecule has 0 saturated heterocycles. The summed E-state index contributed by atoms with van der Waals surface area (Å²) in [4.78, 5) is 2.07. The van der Waals surface area contributed by atoms with Crippen molar-refractivity contribution < 1.29 is 5.11 Å². The first-order valence-electron chi connectivity index (χ1n) is 6.42. The lowest BCUT2D eigenvalue weighted by Gasteiger charge is -2.21. The Morgan fingerprint density at radius 2 is 1.68 bits per heavy atom. The van der Waals surface area contributed by atoms with Crippen LogP contribution in [0.4, 0.5) is 5.69 Å². The predicted molar refractivity (Wildman–Crippen MR) is 78.6 cm³/mol. The number of anilines is 1. The van der Waals surface area contributed by atoms with Gasteiger partial charge >= 0.3 is 0 Å².